The summed E-state index contributed by atoms with van der Waals surface area (Å²) in [6.45, 7) is 7.75. The van der Waals surface area contributed by atoms with Crippen molar-refractivity contribution in [3.05, 3.63) is 31.7 Å². The van der Waals surface area contributed by atoms with Gasteiger partial charge in [0.2, 0.25) is 11.8 Å². The van der Waals surface area contributed by atoms with Gasteiger partial charge in [0.1, 0.15) is 5.69 Å². The van der Waals surface area contributed by atoms with Crippen molar-refractivity contribution < 1.29 is 4.92 Å². The van der Waals surface area contributed by atoms with Crippen molar-refractivity contribution in [2.45, 2.75) is 27.7 Å². The van der Waals surface area contributed by atoms with E-state index in [1.54, 1.807) is 6.92 Å². The number of nitrogens with zero attached hydrogens (tertiary/aromatic N) is 5. The average molecular weight is 355 g/mol. The van der Waals surface area contributed by atoms with E-state index in [2.05, 4.69) is 36.3 Å². The molecule has 0 unspecified atom stereocenters. The van der Waals surface area contributed by atoms with Crippen LogP contribution in [0.2, 0.25) is 0 Å². The molecule has 0 saturated carbocycles. The van der Waals surface area contributed by atoms with Crippen LogP contribution in [-0.2, 0) is 0 Å². The topological polar surface area (TPSA) is 98.8 Å². The second-order valence-corrected chi connectivity index (χ2v) is 5.28. The van der Waals surface area contributed by atoms with Crippen LogP contribution in [-0.4, -0.2) is 31.2 Å². The van der Waals surface area contributed by atoms with E-state index in [4.69, 9.17) is 0 Å². The molecule has 2 heterocycles. The molecule has 0 spiro atoms. The van der Waals surface area contributed by atoms with Gasteiger partial charge in [0.15, 0.2) is 0 Å². The summed E-state index contributed by atoms with van der Waals surface area (Å²) in [5.74, 6) is 0.508. The highest BCUT2D eigenvalue weighted by atomic mass is 79.9. The Hall–Kier alpha value is -2.03. The van der Waals surface area contributed by atoms with Crippen molar-refractivity contribution in [2.24, 2.45) is 0 Å². The van der Waals surface area contributed by atoms with E-state index in [0.29, 0.717) is 18.2 Å². The standard InChI is InChI=1S/C12H15BrN6O2/c1-5-14-12-15-7(3)10(19(20)21)11(16-12)18-8(4)9(13)6(2)17-18/h5H2,1-4H3,(H,14,15,16). The number of halogens is 1. The molecule has 0 amide bonds. The summed E-state index contributed by atoms with van der Waals surface area (Å²) in [5, 5.41) is 18.6. The van der Waals surface area contributed by atoms with Crippen molar-refractivity contribution >= 4 is 27.6 Å². The van der Waals surface area contributed by atoms with Crippen LogP contribution < -0.4 is 5.32 Å². The Morgan fingerprint density at radius 2 is 1.95 bits per heavy atom. The smallest absolute Gasteiger partial charge is 0.334 e. The highest BCUT2D eigenvalue weighted by Crippen LogP contribution is 2.29. The molecule has 0 bridgehead atoms. The van der Waals surface area contributed by atoms with Crippen LogP contribution in [0.4, 0.5) is 11.6 Å². The number of hydrogen-bond acceptors (Lipinski definition) is 6. The lowest BCUT2D eigenvalue weighted by atomic mass is 10.3. The summed E-state index contributed by atoms with van der Waals surface area (Å²) >= 11 is 3.41. The Morgan fingerprint density at radius 3 is 2.43 bits per heavy atom. The Bertz CT molecular complexity index is 712. The van der Waals surface area contributed by atoms with Crippen molar-refractivity contribution in [1.29, 1.82) is 0 Å². The SMILES string of the molecule is CCNc1nc(C)c([N+](=O)[O-])c(-n2nc(C)c(Br)c2C)n1. The van der Waals surface area contributed by atoms with Crippen LogP contribution in [0.15, 0.2) is 4.47 Å². The molecule has 0 atom stereocenters. The lowest BCUT2D eigenvalue weighted by Gasteiger charge is -2.09. The van der Waals surface area contributed by atoms with Gasteiger partial charge in [0, 0.05) is 6.54 Å². The molecule has 1 N–H and O–H groups in total. The van der Waals surface area contributed by atoms with Gasteiger partial charge in [-0.3, -0.25) is 10.1 Å². The van der Waals surface area contributed by atoms with Gasteiger partial charge in [-0.1, -0.05) is 0 Å². The van der Waals surface area contributed by atoms with Crippen LogP contribution in [0.5, 0.6) is 0 Å². The minimum absolute atomic E-state index is 0.144. The van der Waals surface area contributed by atoms with Crippen molar-refractivity contribution in [3.8, 4) is 5.82 Å². The van der Waals surface area contributed by atoms with Gasteiger partial charge >= 0.3 is 5.69 Å². The number of hydrogen-bond donors (Lipinski definition) is 1. The third kappa shape index (κ3) is 2.73. The number of anilines is 1. The van der Waals surface area contributed by atoms with Crippen molar-refractivity contribution in [2.75, 3.05) is 11.9 Å². The first kappa shape index (κ1) is 15.4. The average Bonchev–Trinajstić information content (AvgIpc) is 2.65. The summed E-state index contributed by atoms with van der Waals surface area (Å²) in [4.78, 5) is 19.2. The second kappa shape index (κ2) is 5.76. The van der Waals surface area contributed by atoms with E-state index in [-0.39, 0.29) is 11.5 Å². The monoisotopic (exact) mass is 354 g/mol. The maximum Gasteiger partial charge on any atom is 0.334 e. The minimum Gasteiger partial charge on any atom is -0.354 e. The first-order chi connectivity index (χ1) is 9.86. The van der Waals surface area contributed by atoms with E-state index in [9.17, 15) is 10.1 Å². The molecule has 0 fully saturated rings. The molecule has 9 heteroatoms. The van der Waals surface area contributed by atoms with Gasteiger partial charge in [0.25, 0.3) is 0 Å². The number of nitrogens with one attached hydrogen (secondary N) is 1. The largest absolute Gasteiger partial charge is 0.354 e. The zero-order chi connectivity index (χ0) is 15.7. The third-order valence-electron chi connectivity index (χ3n) is 2.96. The fourth-order valence-electron chi connectivity index (χ4n) is 1.98. The molecule has 0 aromatic carbocycles. The molecule has 112 valence electrons. The number of nitro groups is 1. The molecule has 2 aromatic heterocycles. The lowest BCUT2D eigenvalue weighted by molar-refractivity contribution is -0.385. The molecular formula is C12H15BrN6O2. The predicted octanol–water partition coefficient (Wildman–Crippen LogP) is 2.69. The molecule has 0 radical (unpaired) electrons. The van der Waals surface area contributed by atoms with Gasteiger partial charge in [-0.05, 0) is 43.6 Å². The highest BCUT2D eigenvalue weighted by molar-refractivity contribution is 9.10. The minimum atomic E-state index is -0.481. The second-order valence-electron chi connectivity index (χ2n) is 4.49. The molecule has 2 rings (SSSR count). The fraction of sp³-hybridized carbons (Fsp3) is 0.417. The molecule has 8 nitrogen and oxygen atoms in total. The zero-order valence-corrected chi connectivity index (χ0v) is 13.7. The number of rotatable bonds is 4. The van der Waals surface area contributed by atoms with E-state index < -0.39 is 4.92 Å². The Labute approximate surface area is 129 Å². The van der Waals surface area contributed by atoms with Gasteiger partial charge in [-0.15, -0.1) is 0 Å². The van der Waals surface area contributed by atoms with Crippen molar-refractivity contribution in [3.63, 3.8) is 0 Å². The normalized spacial score (nSPS) is 10.7. The van der Waals surface area contributed by atoms with Gasteiger partial charge < -0.3 is 5.32 Å². The van der Waals surface area contributed by atoms with Crippen LogP contribution >= 0.6 is 15.9 Å². The number of aryl methyl sites for hydroxylation is 2. The molecule has 0 aliphatic carbocycles. The van der Waals surface area contributed by atoms with E-state index in [1.807, 2.05) is 20.8 Å². The first-order valence-corrected chi connectivity index (χ1v) is 7.15. The summed E-state index contributed by atoms with van der Waals surface area (Å²) in [6.07, 6.45) is 0. The van der Waals surface area contributed by atoms with E-state index in [0.717, 1.165) is 15.9 Å². The predicted molar refractivity (Wildman–Crippen MR) is 81.9 cm³/mol. The zero-order valence-electron chi connectivity index (χ0n) is 12.1. The first-order valence-electron chi connectivity index (χ1n) is 6.35. The maximum absolute atomic E-state index is 11.3. The summed E-state index contributed by atoms with van der Waals surface area (Å²) in [5.41, 5.74) is 1.64. The fourth-order valence-corrected chi connectivity index (χ4v) is 2.23. The highest BCUT2D eigenvalue weighted by Gasteiger charge is 2.26. The summed E-state index contributed by atoms with van der Waals surface area (Å²) < 4.78 is 2.27. The molecule has 0 saturated heterocycles. The van der Waals surface area contributed by atoms with Gasteiger partial charge in [-0.25, -0.2) is 9.67 Å². The molecule has 0 aliphatic heterocycles. The Kier molecular flexibility index (Phi) is 4.21. The van der Waals surface area contributed by atoms with Crippen LogP contribution in [0.3, 0.4) is 0 Å². The van der Waals surface area contributed by atoms with Gasteiger partial charge in [-0.2, -0.15) is 10.1 Å². The third-order valence-corrected chi connectivity index (χ3v) is 4.11. The maximum atomic E-state index is 11.3. The Morgan fingerprint density at radius 1 is 1.29 bits per heavy atom. The molecule has 21 heavy (non-hydrogen) atoms. The van der Waals surface area contributed by atoms with Crippen LogP contribution in [0, 0.1) is 30.9 Å². The molecular weight excluding hydrogens is 340 g/mol. The van der Waals surface area contributed by atoms with E-state index >= 15 is 0 Å². The van der Waals surface area contributed by atoms with E-state index in [1.165, 1.54) is 4.68 Å². The van der Waals surface area contributed by atoms with Crippen LogP contribution in [0.25, 0.3) is 5.82 Å². The quantitative estimate of drug-likeness (QED) is 0.669. The van der Waals surface area contributed by atoms with Gasteiger partial charge in [0.05, 0.1) is 20.8 Å². The number of aromatic nitrogens is 4. The van der Waals surface area contributed by atoms with Crippen molar-refractivity contribution in [1.82, 2.24) is 19.7 Å². The Balaban J connectivity index is 2.75. The van der Waals surface area contributed by atoms with Crippen LogP contribution in [0.1, 0.15) is 24.0 Å². The summed E-state index contributed by atoms with van der Waals surface area (Å²) in [7, 11) is 0. The molecule has 2 aromatic rings. The molecule has 0 aliphatic rings. The summed E-state index contributed by atoms with van der Waals surface area (Å²) in [6, 6.07) is 0. The lowest BCUT2D eigenvalue weighted by Crippen LogP contribution is -2.12.